The third-order valence-electron chi connectivity index (χ3n) is 2.21. The number of rotatable bonds is 3. The highest BCUT2D eigenvalue weighted by Gasteiger charge is 2.45. The van der Waals surface area contributed by atoms with Crippen LogP contribution in [0.3, 0.4) is 0 Å². The van der Waals surface area contributed by atoms with Gasteiger partial charge in [0.1, 0.15) is 29.7 Å². The molecule has 0 spiro atoms. The van der Waals surface area contributed by atoms with Crippen molar-refractivity contribution in [3.63, 3.8) is 0 Å². The molecular formula is C8H13BrO7. The Bertz CT molecular complexity index is 247. The average molecular weight is 301 g/mol. The molecule has 0 aliphatic carbocycles. The number of aliphatic hydroxyl groups excluding tert-OH is 4. The molecule has 0 aromatic heterocycles. The number of carbonyl (C=O) groups excluding carboxylic acids is 1. The van der Waals surface area contributed by atoms with E-state index in [1.807, 2.05) is 0 Å². The molecule has 1 rings (SSSR count). The molecule has 16 heavy (non-hydrogen) atoms. The van der Waals surface area contributed by atoms with E-state index in [-0.39, 0.29) is 5.33 Å². The van der Waals surface area contributed by atoms with Gasteiger partial charge < -0.3 is 29.9 Å². The topological polar surface area (TPSA) is 116 Å². The number of carbonyl (C=O) groups is 1. The summed E-state index contributed by atoms with van der Waals surface area (Å²) in [6.45, 7) is -0.562. The SMILES string of the molecule is O=C(CBr)OC1O[C@H](CO)[C@@H](O)[C@H](O)[C@H]1O. The Morgan fingerprint density at radius 1 is 1.25 bits per heavy atom. The molecule has 0 saturated carbocycles. The molecule has 0 aromatic carbocycles. The number of hydrogen-bond acceptors (Lipinski definition) is 7. The molecule has 94 valence electrons. The molecule has 0 amide bonds. The Morgan fingerprint density at radius 3 is 2.38 bits per heavy atom. The molecule has 1 fully saturated rings. The Hall–Kier alpha value is -0.250. The number of ether oxygens (including phenoxy) is 2. The number of halogens is 1. The molecule has 0 aromatic rings. The summed E-state index contributed by atoms with van der Waals surface area (Å²) in [6, 6.07) is 0. The Morgan fingerprint density at radius 2 is 1.88 bits per heavy atom. The molecule has 0 radical (unpaired) electrons. The van der Waals surface area contributed by atoms with Crippen LogP contribution in [-0.2, 0) is 14.3 Å². The Kier molecular flexibility index (Phi) is 5.09. The maximum absolute atomic E-state index is 10.9. The van der Waals surface area contributed by atoms with Gasteiger partial charge in [0, 0.05) is 0 Å². The fraction of sp³-hybridized carbons (Fsp3) is 0.875. The van der Waals surface area contributed by atoms with E-state index in [1.165, 1.54) is 0 Å². The molecule has 1 heterocycles. The lowest BCUT2D eigenvalue weighted by atomic mass is 9.99. The maximum Gasteiger partial charge on any atom is 0.318 e. The first-order chi connectivity index (χ1) is 7.51. The summed E-state index contributed by atoms with van der Waals surface area (Å²) in [6.07, 6.45) is -7.04. The van der Waals surface area contributed by atoms with Gasteiger partial charge in [0.25, 0.3) is 0 Å². The van der Waals surface area contributed by atoms with E-state index in [0.29, 0.717) is 0 Å². The summed E-state index contributed by atoms with van der Waals surface area (Å²) in [5, 5.41) is 37.0. The highest BCUT2D eigenvalue weighted by molar-refractivity contribution is 9.09. The molecule has 1 unspecified atom stereocenters. The summed E-state index contributed by atoms with van der Waals surface area (Å²) in [5.41, 5.74) is 0. The fourth-order valence-corrected chi connectivity index (χ4v) is 1.46. The highest BCUT2D eigenvalue weighted by atomic mass is 79.9. The largest absolute Gasteiger partial charge is 0.432 e. The summed E-state index contributed by atoms with van der Waals surface area (Å²) in [5.74, 6) is -0.690. The van der Waals surface area contributed by atoms with Gasteiger partial charge in [-0.25, -0.2) is 0 Å². The second kappa shape index (κ2) is 5.89. The molecule has 1 aliphatic heterocycles. The molecule has 0 bridgehead atoms. The number of esters is 1. The molecular weight excluding hydrogens is 288 g/mol. The molecule has 1 saturated heterocycles. The number of hydrogen-bond donors (Lipinski definition) is 4. The van der Waals surface area contributed by atoms with Crippen LogP contribution in [0.2, 0.25) is 0 Å². The van der Waals surface area contributed by atoms with Crippen LogP contribution in [0.4, 0.5) is 0 Å². The molecule has 4 N–H and O–H groups in total. The van der Waals surface area contributed by atoms with Crippen molar-refractivity contribution in [2.24, 2.45) is 0 Å². The van der Waals surface area contributed by atoms with Crippen LogP contribution in [0.25, 0.3) is 0 Å². The van der Waals surface area contributed by atoms with Gasteiger partial charge >= 0.3 is 5.97 Å². The summed E-state index contributed by atoms with van der Waals surface area (Å²) < 4.78 is 9.59. The summed E-state index contributed by atoms with van der Waals surface area (Å²) in [4.78, 5) is 10.9. The van der Waals surface area contributed by atoms with Crippen LogP contribution in [-0.4, -0.2) is 69.0 Å². The van der Waals surface area contributed by atoms with Gasteiger partial charge in [-0.2, -0.15) is 0 Å². The van der Waals surface area contributed by atoms with E-state index >= 15 is 0 Å². The van der Waals surface area contributed by atoms with Crippen molar-refractivity contribution in [2.45, 2.75) is 30.7 Å². The Balaban J connectivity index is 2.67. The number of alkyl halides is 1. The second-order valence-corrected chi connectivity index (χ2v) is 3.88. The molecule has 7 nitrogen and oxygen atoms in total. The van der Waals surface area contributed by atoms with Gasteiger partial charge in [0.2, 0.25) is 6.29 Å². The predicted molar refractivity (Wildman–Crippen MR) is 53.7 cm³/mol. The van der Waals surface area contributed by atoms with Crippen molar-refractivity contribution in [1.29, 1.82) is 0 Å². The van der Waals surface area contributed by atoms with Crippen molar-refractivity contribution in [3.05, 3.63) is 0 Å². The number of aliphatic hydroxyl groups is 4. The van der Waals surface area contributed by atoms with Gasteiger partial charge in [0.15, 0.2) is 0 Å². The van der Waals surface area contributed by atoms with Crippen molar-refractivity contribution < 1.29 is 34.7 Å². The van der Waals surface area contributed by atoms with Crippen LogP contribution in [0.5, 0.6) is 0 Å². The first-order valence-corrected chi connectivity index (χ1v) is 5.69. The summed E-state index contributed by atoms with van der Waals surface area (Å²) >= 11 is 2.85. The predicted octanol–water partition coefficient (Wildman–Crippen LogP) is -2.28. The summed E-state index contributed by atoms with van der Waals surface area (Å²) in [7, 11) is 0. The van der Waals surface area contributed by atoms with E-state index in [9.17, 15) is 20.1 Å². The van der Waals surface area contributed by atoms with Gasteiger partial charge in [-0.05, 0) is 0 Å². The van der Waals surface area contributed by atoms with E-state index in [2.05, 4.69) is 20.7 Å². The second-order valence-electron chi connectivity index (χ2n) is 3.32. The third kappa shape index (κ3) is 2.90. The van der Waals surface area contributed by atoms with Crippen LogP contribution in [0.1, 0.15) is 0 Å². The average Bonchev–Trinajstić information content (AvgIpc) is 2.29. The van der Waals surface area contributed by atoms with Gasteiger partial charge in [-0.15, -0.1) is 0 Å². The van der Waals surface area contributed by atoms with Gasteiger partial charge in [0.05, 0.1) is 6.61 Å². The van der Waals surface area contributed by atoms with Crippen molar-refractivity contribution in [3.8, 4) is 0 Å². The molecule has 5 atom stereocenters. The normalized spacial score (nSPS) is 39.4. The Labute approximate surface area is 99.7 Å². The molecule has 1 aliphatic rings. The highest BCUT2D eigenvalue weighted by Crippen LogP contribution is 2.22. The maximum atomic E-state index is 10.9. The molecule has 8 heteroatoms. The van der Waals surface area contributed by atoms with Gasteiger partial charge in [-0.1, -0.05) is 15.9 Å². The van der Waals surface area contributed by atoms with Crippen LogP contribution in [0.15, 0.2) is 0 Å². The monoisotopic (exact) mass is 300 g/mol. The van der Waals surface area contributed by atoms with Gasteiger partial charge in [-0.3, -0.25) is 4.79 Å². The zero-order valence-electron chi connectivity index (χ0n) is 8.19. The minimum Gasteiger partial charge on any atom is -0.432 e. The van der Waals surface area contributed by atoms with Crippen LogP contribution < -0.4 is 0 Å². The fourth-order valence-electron chi connectivity index (χ4n) is 1.33. The lowest BCUT2D eigenvalue weighted by Crippen LogP contribution is -2.59. The van der Waals surface area contributed by atoms with Crippen LogP contribution >= 0.6 is 15.9 Å². The minimum absolute atomic E-state index is 0.0952. The zero-order chi connectivity index (χ0) is 12.3. The standard InChI is InChI=1S/C8H13BrO7/c9-1-4(11)16-8-7(14)6(13)5(12)3(2-10)15-8/h3,5-8,10,12-14H,1-2H2/t3-,5-,6+,7-,8?/m1/s1. The first kappa shape index (κ1) is 13.8. The zero-order valence-corrected chi connectivity index (χ0v) is 9.78. The van der Waals surface area contributed by atoms with Crippen molar-refractivity contribution >= 4 is 21.9 Å². The smallest absolute Gasteiger partial charge is 0.318 e. The quantitative estimate of drug-likeness (QED) is 0.343. The van der Waals surface area contributed by atoms with E-state index in [0.717, 1.165) is 0 Å². The van der Waals surface area contributed by atoms with Crippen LogP contribution in [0, 0.1) is 0 Å². The first-order valence-electron chi connectivity index (χ1n) is 4.57. The van der Waals surface area contributed by atoms with Crippen molar-refractivity contribution in [2.75, 3.05) is 11.9 Å². The van der Waals surface area contributed by atoms with E-state index in [1.54, 1.807) is 0 Å². The van der Waals surface area contributed by atoms with Crippen molar-refractivity contribution in [1.82, 2.24) is 0 Å². The minimum atomic E-state index is -1.55. The van der Waals surface area contributed by atoms with E-state index in [4.69, 9.17) is 9.84 Å². The third-order valence-corrected chi connectivity index (χ3v) is 2.66. The lowest BCUT2D eigenvalue weighted by molar-refractivity contribution is -0.291. The van der Waals surface area contributed by atoms with E-state index < -0.39 is 43.3 Å². The lowest BCUT2D eigenvalue weighted by Gasteiger charge is -2.39.